The molecular weight excluding hydrogens is 244 g/mol. The molecular formula is C14H18N2O3. The maximum atomic E-state index is 11.8. The van der Waals surface area contributed by atoms with Gasteiger partial charge in [-0.05, 0) is 24.3 Å². The second-order valence-corrected chi connectivity index (χ2v) is 4.59. The van der Waals surface area contributed by atoms with Crippen LogP contribution in [-0.4, -0.2) is 36.3 Å². The lowest BCUT2D eigenvalue weighted by atomic mass is 10.3. The Hall–Kier alpha value is -2.01. The molecule has 0 spiro atoms. The predicted molar refractivity (Wildman–Crippen MR) is 70.2 cm³/mol. The average molecular weight is 262 g/mol. The van der Waals surface area contributed by atoms with E-state index >= 15 is 0 Å². The number of carbonyl (C=O) groups excluding carboxylic acids is 1. The first-order valence-corrected chi connectivity index (χ1v) is 6.12. The molecule has 0 aliphatic heterocycles. The van der Waals surface area contributed by atoms with E-state index in [1.165, 1.54) is 0 Å². The summed E-state index contributed by atoms with van der Waals surface area (Å²) in [6.45, 7) is 1.48. The number of rotatable bonds is 6. The van der Waals surface area contributed by atoms with E-state index in [2.05, 4.69) is 0 Å². The first kappa shape index (κ1) is 13.4. The van der Waals surface area contributed by atoms with E-state index in [1.54, 1.807) is 31.5 Å². The van der Waals surface area contributed by atoms with Gasteiger partial charge >= 0.3 is 0 Å². The third-order valence-electron chi connectivity index (χ3n) is 2.78. The third kappa shape index (κ3) is 3.99. The van der Waals surface area contributed by atoms with Crippen molar-refractivity contribution in [3.8, 4) is 0 Å². The summed E-state index contributed by atoms with van der Waals surface area (Å²) in [4.78, 5) is 15.4. The zero-order valence-electron chi connectivity index (χ0n) is 11.2. The number of nitrogens with zero attached hydrogens (tertiary/aromatic N) is 2. The van der Waals surface area contributed by atoms with Gasteiger partial charge in [0.15, 0.2) is 0 Å². The maximum absolute atomic E-state index is 11.8. The van der Waals surface area contributed by atoms with E-state index in [-0.39, 0.29) is 5.91 Å². The van der Waals surface area contributed by atoms with Gasteiger partial charge in [0.05, 0.1) is 32.2 Å². The number of hydrogen-bond acceptors (Lipinski definition) is 4. The Morgan fingerprint density at radius 2 is 1.58 bits per heavy atom. The van der Waals surface area contributed by atoms with E-state index in [0.29, 0.717) is 19.6 Å². The summed E-state index contributed by atoms with van der Waals surface area (Å²) in [5, 5.41) is 0. The van der Waals surface area contributed by atoms with Gasteiger partial charge in [-0.25, -0.2) is 0 Å². The molecule has 0 saturated carbocycles. The molecule has 5 heteroatoms. The molecule has 2 rings (SSSR count). The van der Waals surface area contributed by atoms with Crippen LogP contribution in [0.1, 0.15) is 11.5 Å². The largest absolute Gasteiger partial charge is 0.468 e. The van der Waals surface area contributed by atoms with Crippen molar-refractivity contribution >= 4 is 5.91 Å². The quantitative estimate of drug-likeness (QED) is 0.798. The maximum Gasteiger partial charge on any atom is 0.236 e. The lowest BCUT2D eigenvalue weighted by Gasteiger charge is -2.21. The van der Waals surface area contributed by atoms with Crippen molar-refractivity contribution in [1.29, 1.82) is 0 Å². The first-order chi connectivity index (χ1) is 9.15. The minimum absolute atomic E-state index is 0.0538. The van der Waals surface area contributed by atoms with Crippen LogP contribution in [0.15, 0.2) is 45.6 Å². The van der Waals surface area contributed by atoms with Crippen LogP contribution >= 0.6 is 0 Å². The lowest BCUT2D eigenvalue weighted by molar-refractivity contribution is -0.130. The number of hydrogen-bond donors (Lipinski definition) is 0. The van der Waals surface area contributed by atoms with Crippen LogP contribution in [0.5, 0.6) is 0 Å². The Morgan fingerprint density at radius 1 is 1.05 bits per heavy atom. The van der Waals surface area contributed by atoms with Crippen molar-refractivity contribution in [2.75, 3.05) is 20.6 Å². The molecule has 2 aromatic rings. The van der Waals surface area contributed by atoms with Gasteiger partial charge in [0.25, 0.3) is 0 Å². The number of carbonyl (C=O) groups is 1. The van der Waals surface area contributed by atoms with E-state index in [4.69, 9.17) is 8.83 Å². The van der Waals surface area contributed by atoms with Gasteiger partial charge in [-0.1, -0.05) is 0 Å². The van der Waals surface area contributed by atoms with E-state index in [1.807, 2.05) is 29.2 Å². The van der Waals surface area contributed by atoms with E-state index in [0.717, 1.165) is 11.5 Å². The fourth-order valence-electron chi connectivity index (χ4n) is 1.75. The summed E-state index contributed by atoms with van der Waals surface area (Å²) in [5.74, 6) is 1.72. The van der Waals surface area contributed by atoms with Crippen molar-refractivity contribution in [1.82, 2.24) is 9.80 Å². The highest BCUT2D eigenvalue weighted by molar-refractivity contribution is 5.77. The molecule has 0 aliphatic rings. The summed E-state index contributed by atoms with van der Waals surface area (Å²) < 4.78 is 10.7. The molecule has 19 heavy (non-hydrogen) atoms. The highest BCUT2D eigenvalue weighted by Crippen LogP contribution is 2.11. The van der Waals surface area contributed by atoms with Crippen LogP contribution in [0.25, 0.3) is 0 Å². The molecule has 0 aliphatic carbocycles. The molecule has 0 bridgehead atoms. The topological polar surface area (TPSA) is 49.8 Å². The van der Waals surface area contributed by atoms with Crippen LogP contribution in [-0.2, 0) is 17.9 Å². The van der Waals surface area contributed by atoms with Crippen LogP contribution < -0.4 is 0 Å². The Bertz CT molecular complexity index is 453. The molecule has 2 aromatic heterocycles. The molecule has 0 fully saturated rings. The number of amides is 1. The highest BCUT2D eigenvalue weighted by atomic mass is 16.3. The second-order valence-electron chi connectivity index (χ2n) is 4.59. The Balaban J connectivity index is 2.02. The molecule has 0 saturated heterocycles. The zero-order valence-corrected chi connectivity index (χ0v) is 11.2. The molecule has 2 heterocycles. The molecule has 0 radical (unpaired) electrons. The molecule has 0 N–H and O–H groups in total. The minimum atomic E-state index is 0.0538. The van der Waals surface area contributed by atoms with Crippen LogP contribution in [0.4, 0.5) is 0 Å². The number of furan rings is 2. The van der Waals surface area contributed by atoms with Gasteiger partial charge in [-0.15, -0.1) is 0 Å². The van der Waals surface area contributed by atoms with Crippen LogP contribution in [0.3, 0.4) is 0 Å². The van der Waals surface area contributed by atoms with Crippen molar-refractivity contribution in [2.45, 2.75) is 13.1 Å². The fraction of sp³-hybridized carbons (Fsp3) is 0.357. The monoisotopic (exact) mass is 262 g/mol. The minimum Gasteiger partial charge on any atom is -0.468 e. The molecule has 102 valence electrons. The Morgan fingerprint density at radius 3 is 1.95 bits per heavy atom. The molecule has 0 atom stereocenters. The van der Waals surface area contributed by atoms with Gasteiger partial charge < -0.3 is 13.7 Å². The standard InChI is InChI=1S/C14H18N2O3/c1-15(2)14(17)11-16(9-12-5-3-7-18-12)10-13-6-4-8-19-13/h3-8H,9-11H2,1-2H3. The smallest absolute Gasteiger partial charge is 0.236 e. The first-order valence-electron chi connectivity index (χ1n) is 6.12. The molecule has 1 amide bonds. The highest BCUT2D eigenvalue weighted by Gasteiger charge is 2.15. The molecule has 0 aromatic carbocycles. The van der Waals surface area contributed by atoms with Gasteiger partial charge in [0.2, 0.25) is 5.91 Å². The van der Waals surface area contributed by atoms with Gasteiger partial charge in [0.1, 0.15) is 11.5 Å². The normalized spacial score (nSPS) is 10.9. The van der Waals surface area contributed by atoms with Gasteiger partial charge in [0, 0.05) is 14.1 Å². The summed E-state index contributed by atoms with van der Waals surface area (Å²) in [6.07, 6.45) is 3.27. The lowest BCUT2D eigenvalue weighted by Crippen LogP contribution is -2.35. The van der Waals surface area contributed by atoms with Crippen LogP contribution in [0.2, 0.25) is 0 Å². The van der Waals surface area contributed by atoms with Gasteiger partial charge in [-0.3, -0.25) is 9.69 Å². The summed E-state index contributed by atoms with van der Waals surface area (Å²) >= 11 is 0. The van der Waals surface area contributed by atoms with Crippen molar-refractivity contribution in [2.24, 2.45) is 0 Å². The second kappa shape index (κ2) is 6.24. The van der Waals surface area contributed by atoms with Crippen LogP contribution in [0, 0.1) is 0 Å². The Labute approximate surface area is 112 Å². The van der Waals surface area contributed by atoms with E-state index in [9.17, 15) is 4.79 Å². The van der Waals surface area contributed by atoms with Gasteiger partial charge in [-0.2, -0.15) is 0 Å². The van der Waals surface area contributed by atoms with Crippen molar-refractivity contribution < 1.29 is 13.6 Å². The van der Waals surface area contributed by atoms with E-state index < -0.39 is 0 Å². The van der Waals surface area contributed by atoms with Crippen molar-refractivity contribution in [3.63, 3.8) is 0 Å². The fourth-order valence-corrected chi connectivity index (χ4v) is 1.75. The summed E-state index contributed by atoms with van der Waals surface area (Å²) in [7, 11) is 3.50. The number of likely N-dealkylation sites (N-methyl/N-ethyl adjacent to an activating group) is 1. The zero-order chi connectivity index (χ0) is 13.7. The Kier molecular flexibility index (Phi) is 4.41. The third-order valence-corrected chi connectivity index (χ3v) is 2.78. The summed E-state index contributed by atoms with van der Waals surface area (Å²) in [6, 6.07) is 7.48. The average Bonchev–Trinajstić information content (AvgIpc) is 3.01. The van der Waals surface area contributed by atoms with Crippen molar-refractivity contribution in [3.05, 3.63) is 48.3 Å². The SMILES string of the molecule is CN(C)C(=O)CN(Cc1ccco1)Cc1ccco1. The molecule has 0 unspecified atom stereocenters. The summed E-state index contributed by atoms with van der Waals surface area (Å²) in [5.41, 5.74) is 0. The molecule has 5 nitrogen and oxygen atoms in total. The predicted octanol–water partition coefficient (Wildman–Crippen LogP) is 1.96.